The van der Waals surface area contributed by atoms with Gasteiger partial charge < -0.3 is 14.6 Å². The zero-order valence-corrected chi connectivity index (χ0v) is 22.9. The number of rotatable bonds is 7. The van der Waals surface area contributed by atoms with E-state index in [1.54, 1.807) is 19.2 Å². The number of allylic oxidation sites excluding steroid dienone is 2. The van der Waals surface area contributed by atoms with Crippen molar-refractivity contribution in [1.82, 2.24) is 0 Å². The monoisotopic (exact) mass is 526 g/mol. The fourth-order valence-electron chi connectivity index (χ4n) is 7.04. The summed E-state index contributed by atoms with van der Waals surface area (Å²) in [7, 11) is 1.59. The van der Waals surface area contributed by atoms with E-state index < -0.39 is 5.97 Å². The van der Waals surface area contributed by atoms with Crippen molar-refractivity contribution in [3.8, 4) is 22.6 Å². The maximum atomic E-state index is 15.1. The van der Waals surface area contributed by atoms with Crippen molar-refractivity contribution in [1.29, 1.82) is 0 Å². The van der Waals surface area contributed by atoms with Gasteiger partial charge in [0.05, 0.1) is 13.0 Å². The maximum absolute atomic E-state index is 15.1. The van der Waals surface area contributed by atoms with E-state index in [0.29, 0.717) is 17.9 Å². The first-order valence-electron chi connectivity index (χ1n) is 13.9. The minimum atomic E-state index is -0.690. The van der Waals surface area contributed by atoms with Crippen molar-refractivity contribution >= 4 is 11.5 Å². The number of ether oxygens (including phenoxy) is 2. The molecule has 0 aliphatic heterocycles. The van der Waals surface area contributed by atoms with Gasteiger partial charge >= 0.3 is 5.97 Å². The number of carbonyl (C=O) groups is 1. The molecule has 4 nitrogen and oxygen atoms in total. The third kappa shape index (κ3) is 4.32. The SMILES string of the molecule is COc1ccc(F)c(-c2ccc(COc3ccc4c(c3)[C@@]3(CC4)CC[C@H]3C(=O)O)cc2C2=CCCC2(C)C)c1. The van der Waals surface area contributed by atoms with Gasteiger partial charge in [-0.2, -0.15) is 0 Å². The normalized spacial score (nSPS) is 22.8. The minimum Gasteiger partial charge on any atom is -0.497 e. The number of benzene rings is 3. The van der Waals surface area contributed by atoms with Crippen molar-refractivity contribution in [2.24, 2.45) is 11.3 Å². The molecular weight excluding hydrogens is 491 g/mol. The van der Waals surface area contributed by atoms with Gasteiger partial charge in [0.15, 0.2) is 0 Å². The van der Waals surface area contributed by atoms with E-state index >= 15 is 4.39 Å². The fourth-order valence-corrected chi connectivity index (χ4v) is 7.04. The van der Waals surface area contributed by atoms with E-state index in [2.05, 4.69) is 38.1 Å². The van der Waals surface area contributed by atoms with Crippen LogP contribution in [0.4, 0.5) is 4.39 Å². The molecule has 3 aliphatic carbocycles. The number of hydrogen-bond acceptors (Lipinski definition) is 3. The molecular formula is C34H35FO4. The van der Waals surface area contributed by atoms with E-state index in [-0.39, 0.29) is 22.6 Å². The van der Waals surface area contributed by atoms with Gasteiger partial charge in [0.2, 0.25) is 0 Å². The van der Waals surface area contributed by atoms with Gasteiger partial charge in [-0.05, 0) is 114 Å². The quantitative estimate of drug-likeness (QED) is 0.339. The number of carboxylic acid groups (broad SMARTS) is 1. The average molecular weight is 527 g/mol. The van der Waals surface area contributed by atoms with Gasteiger partial charge in [0.25, 0.3) is 0 Å². The Kier molecular flexibility index (Phi) is 6.28. The second kappa shape index (κ2) is 9.55. The van der Waals surface area contributed by atoms with Crippen molar-refractivity contribution in [2.75, 3.05) is 7.11 Å². The smallest absolute Gasteiger partial charge is 0.307 e. The minimum absolute atomic E-state index is 0.0126. The molecule has 1 fully saturated rings. The molecule has 5 heteroatoms. The molecule has 0 amide bonds. The second-order valence-corrected chi connectivity index (χ2v) is 12.0. The van der Waals surface area contributed by atoms with Crippen LogP contribution in [0.1, 0.15) is 68.2 Å². The van der Waals surface area contributed by atoms with E-state index in [1.165, 1.54) is 17.2 Å². The Morgan fingerprint density at radius 1 is 0.974 bits per heavy atom. The predicted octanol–water partition coefficient (Wildman–Crippen LogP) is 7.96. The molecule has 0 radical (unpaired) electrons. The Morgan fingerprint density at radius 2 is 1.79 bits per heavy atom. The molecule has 202 valence electrons. The first-order valence-corrected chi connectivity index (χ1v) is 13.9. The van der Waals surface area contributed by atoms with Crippen LogP contribution in [0.25, 0.3) is 16.7 Å². The predicted molar refractivity (Wildman–Crippen MR) is 151 cm³/mol. The van der Waals surface area contributed by atoms with Gasteiger partial charge in [-0.3, -0.25) is 4.79 Å². The van der Waals surface area contributed by atoms with E-state index in [0.717, 1.165) is 66.5 Å². The van der Waals surface area contributed by atoms with Gasteiger partial charge in [-0.25, -0.2) is 4.39 Å². The molecule has 1 spiro atoms. The Hall–Kier alpha value is -3.60. The molecule has 0 unspecified atom stereocenters. The summed E-state index contributed by atoms with van der Waals surface area (Å²) in [5, 5.41) is 9.74. The first kappa shape index (κ1) is 25.7. The highest BCUT2D eigenvalue weighted by Crippen LogP contribution is 2.57. The number of hydrogen-bond donors (Lipinski definition) is 1. The molecule has 6 rings (SSSR count). The Morgan fingerprint density at radius 3 is 2.49 bits per heavy atom. The lowest BCUT2D eigenvalue weighted by Gasteiger charge is -2.45. The number of fused-ring (bicyclic) bond motifs is 2. The van der Waals surface area contributed by atoms with Crippen LogP contribution in [-0.4, -0.2) is 18.2 Å². The van der Waals surface area contributed by atoms with Crippen molar-refractivity contribution < 1.29 is 23.8 Å². The highest BCUT2D eigenvalue weighted by molar-refractivity contribution is 5.85. The number of aliphatic carboxylic acids is 1. The van der Waals surface area contributed by atoms with Crippen molar-refractivity contribution in [3.63, 3.8) is 0 Å². The lowest BCUT2D eigenvalue weighted by atomic mass is 9.57. The number of halogens is 1. The molecule has 3 aliphatic rings. The van der Waals surface area contributed by atoms with Crippen LogP contribution in [0.5, 0.6) is 11.5 Å². The van der Waals surface area contributed by atoms with Crippen molar-refractivity contribution in [3.05, 3.63) is 88.7 Å². The van der Waals surface area contributed by atoms with Crippen LogP contribution >= 0.6 is 0 Å². The number of aryl methyl sites for hydroxylation is 1. The van der Waals surface area contributed by atoms with Gasteiger partial charge in [-0.1, -0.05) is 38.1 Å². The number of carboxylic acids is 1. The van der Waals surface area contributed by atoms with Gasteiger partial charge in [0, 0.05) is 11.0 Å². The molecule has 3 aromatic carbocycles. The molecule has 1 N–H and O–H groups in total. The third-order valence-electron chi connectivity index (χ3n) is 9.39. The largest absolute Gasteiger partial charge is 0.497 e. The standard InChI is InChI=1S/C34H35FO4/c1-33(2)14-4-5-28(33)26-17-21(6-10-25(26)27-18-23(38-3)9-11-31(27)35)20-39-24-8-7-22-12-15-34(30(22)19-24)16-13-29(34)32(36)37/h5-11,17-19,29H,4,12-16,20H2,1-3H3,(H,36,37)/t29-,34-/m0/s1. The highest BCUT2D eigenvalue weighted by Gasteiger charge is 2.54. The maximum Gasteiger partial charge on any atom is 0.307 e. The fraction of sp³-hybridized carbons (Fsp3) is 0.382. The molecule has 3 aromatic rings. The highest BCUT2D eigenvalue weighted by atomic mass is 19.1. The van der Waals surface area contributed by atoms with Crippen LogP contribution in [0.2, 0.25) is 0 Å². The lowest BCUT2D eigenvalue weighted by molar-refractivity contribution is -0.149. The van der Waals surface area contributed by atoms with E-state index in [9.17, 15) is 9.90 Å². The Labute approximate surface area is 229 Å². The molecule has 2 atom stereocenters. The molecule has 0 aromatic heterocycles. The molecule has 1 saturated carbocycles. The summed E-state index contributed by atoms with van der Waals surface area (Å²) in [6, 6.07) is 17.2. The van der Waals surface area contributed by atoms with Crippen LogP contribution in [0.3, 0.4) is 0 Å². The van der Waals surface area contributed by atoms with Gasteiger partial charge in [-0.15, -0.1) is 0 Å². The first-order chi connectivity index (χ1) is 18.7. The average Bonchev–Trinajstić information content (AvgIpc) is 3.47. The zero-order valence-electron chi connectivity index (χ0n) is 22.9. The zero-order chi connectivity index (χ0) is 27.4. The van der Waals surface area contributed by atoms with Crippen LogP contribution in [-0.2, 0) is 23.2 Å². The van der Waals surface area contributed by atoms with Gasteiger partial charge in [0.1, 0.15) is 23.9 Å². The van der Waals surface area contributed by atoms with Crippen LogP contribution in [0, 0.1) is 17.2 Å². The molecule has 0 heterocycles. The molecule has 0 bridgehead atoms. The van der Waals surface area contributed by atoms with Crippen molar-refractivity contribution in [2.45, 2.75) is 64.4 Å². The Balaban J connectivity index is 1.32. The summed E-state index contributed by atoms with van der Waals surface area (Å²) in [5.74, 6) is 0.111. The van der Waals surface area contributed by atoms with E-state index in [4.69, 9.17) is 9.47 Å². The number of methoxy groups -OCH3 is 1. The summed E-state index contributed by atoms with van der Waals surface area (Å²) < 4.78 is 26.8. The molecule has 39 heavy (non-hydrogen) atoms. The Bertz CT molecular complexity index is 1490. The topological polar surface area (TPSA) is 55.8 Å². The van der Waals surface area contributed by atoms with Crippen LogP contribution < -0.4 is 9.47 Å². The third-order valence-corrected chi connectivity index (χ3v) is 9.39. The van der Waals surface area contributed by atoms with Crippen LogP contribution in [0.15, 0.2) is 60.7 Å². The summed E-state index contributed by atoms with van der Waals surface area (Å²) in [5.41, 5.74) is 6.78. The summed E-state index contributed by atoms with van der Waals surface area (Å²) in [6.45, 7) is 4.85. The lowest BCUT2D eigenvalue weighted by Crippen LogP contribution is -2.46. The summed E-state index contributed by atoms with van der Waals surface area (Å²) >= 11 is 0. The summed E-state index contributed by atoms with van der Waals surface area (Å²) in [4.78, 5) is 11.9. The summed E-state index contributed by atoms with van der Waals surface area (Å²) in [6.07, 6.45) is 7.83. The second-order valence-electron chi connectivity index (χ2n) is 12.0. The van der Waals surface area contributed by atoms with E-state index in [1.807, 2.05) is 18.2 Å². The molecule has 0 saturated heterocycles.